The Labute approximate surface area is 123 Å². The monoisotopic (exact) mass is 305 g/mol. The van der Waals surface area contributed by atoms with E-state index in [1.54, 1.807) is 19.2 Å². The van der Waals surface area contributed by atoms with Crippen molar-refractivity contribution in [2.75, 3.05) is 31.8 Å². The normalized spacial score (nSPS) is 14.3. The van der Waals surface area contributed by atoms with Crippen molar-refractivity contribution >= 4 is 29.1 Å². The lowest BCUT2D eigenvalue weighted by Gasteiger charge is -2.15. The van der Waals surface area contributed by atoms with Gasteiger partial charge in [-0.05, 0) is 25.1 Å². The Morgan fingerprint density at radius 2 is 2.16 bits per heavy atom. The van der Waals surface area contributed by atoms with Crippen LogP contribution in [-0.2, 0) is 9.47 Å². The van der Waals surface area contributed by atoms with Gasteiger partial charge in [-0.1, -0.05) is 11.6 Å². The van der Waals surface area contributed by atoms with Crippen molar-refractivity contribution in [1.82, 2.24) is 0 Å². The maximum atomic E-state index is 9.81. The average molecular weight is 306 g/mol. The lowest BCUT2D eigenvalue weighted by molar-refractivity contribution is -0.0257. The molecule has 1 aromatic carbocycles. The zero-order chi connectivity index (χ0) is 14.3. The Kier molecular flexibility index (Phi) is 7.56. The van der Waals surface area contributed by atoms with Crippen molar-refractivity contribution in [3.05, 3.63) is 23.2 Å². The molecule has 0 bridgehead atoms. The van der Waals surface area contributed by atoms with Gasteiger partial charge >= 0.3 is 0 Å². The summed E-state index contributed by atoms with van der Waals surface area (Å²) in [7, 11) is 1.62. The van der Waals surface area contributed by atoms with E-state index in [0.29, 0.717) is 29.7 Å². The van der Waals surface area contributed by atoms with Gasteiger partial charge in [0.1, 0.15) is 0 Å². The summed E-state index contributed by atoms with van der Waals surface area (Å²) in [6.07, 6.45) is -0.545. The van der Waals surface area contributed by atoms with Crippen LogP contribution in [0, 0.1) is 0 Å². The first-order valence-electron chi connectivity index (χ1n) is 5.99. The summed E-state index contributed by atoms with van der Waals surface area (Å²) in [5.41, 5.74) is 6.19. The minimum absolute atomic E-state index is 0.0179. The van der Waals surface area contributed by atoms with Gasteiger partial charge in [0.15, 0.2) is 0 Å². The number of ether oxygens (including phenoxy) is 2. The number of aliphatic hydroxyl groups excluding tert-OH is 1. The molecule has 0 aliphatic rings. The summed E-state index contributed by atoms with van der Waals surface area (Å²) >= 11 is 7.44. The topological polar surface area (TPSA) is 64.7 Å². The molecule has 0 aliphatic carbocycles. The summed E-state index contributed by atoms with van der Waals surface area (Å²) in [5, 5.41) is 10.3. The molecular formula is C13H20ClNO3S. The second-order valence-corrected chi connectivity index (χ2v) is 5.75. The Morgan fingerprint density at radius 3 is 2.79 bits per heavy atom. The number of rotatable bonds is 8. The standard InChI is InChI=1S/C13H20ClNO3S/c1-9(6-17-2)18-7-10(16)8-19-11-3-4-13(15)12(14)5-11/h3-5,9-10,16H,6-8,15H2,1-2H3. The van der Waals surface area contributed by atoms with E-state index in [1.165, 1.54) is 11.8 Å². The SMILES string of the molecule is COCC(C)OCC(O)CSc1ccc(N)c(Cl)c1. The Balaban J connectivity index is 2.29. The van der Waals surface area contributed by atoms with Gasteiger partial charge in [-0.15, -0.1) is 11.8 Å². The second-order valence-electron chi connectivity index (χ2n) is 4.25. The van der Waals surface area contributed by atoms with Crippen LogP contribution in [0.3, 0.4) is 0 Å². The molecule has 0 aromatic heterocycles. The highest BCUT2D eigenvalue weighted by molar-refractivity contribution is 7.99. The molecular weight excluding hydrogens is 286 g/mol. The number of aliphatic hydroxyl groups is 1. The van der Waals surface area contributed by atoms with Crippen LogP contribution in [0.15, 0.2) is 23.1 Å². The molecule has 4 nitrogen and oxygen atoms in total. The van der Waals surface area contributed by atoms with E-state index in [0.717, 1.165) is 4.90 Å². The number of nitrogens with two attached hydrogens (primary N) is 1. The third-order valence-electron chi connectivity index (χ3n) is 2.39. The summed E-state index contributed by atoms with van der Waals surface area (Å²) < 4.78 is 10.4. The number of hydrogen-bond donors (Lipinski definition) is 2. The molecule has 0 aliphatic heterocycles. The molecule has 1 rings (SSSR count). The van der Waals surface area contributed by atoms with Gasteiger partial charge in [-0.3, -0.25) is 0 Å². The largest absolute Gasteiger partial charge is 0.398 e. The van der Waals surface area contributed by atoms with Crippen LogP contribution in [-0.4, -0.2) is 43.4 Å². The molecule has 3 N–H and O–H groups in total. The molecule has 0 fully saturated rings. The molecule has 19 heavy (non-hydrogen) atoms. The maximum absolute atomic E-state index is 9.81. The first kappa shape index (κ1) is 16.6. The number of anilines is 1. The Hall–Kier alpha value is -0.460. The predicted molar refractivity (Wildman–Crippen MR) is 79.9 cm³/mol. The minimum Gasteiger partial charge on any atom is -0.398 e. The lowest BCUT2D eigenvalue weighted by Crippen LogP contribution is -2.24. The van der Waals surface area contributed by atoms with Gasteiger partial charge in [0.2, 0.25) is 0 Å². The van der Waals surface area contributed by atoms with E-state index in [9.17, 15) is 5.11 Å². The van der Waals surface area contributed by atoms with Crippen molar-refractivity contribution in [3.63, 3.8) is 0 Å². The molecule has 2 unspecified atom stereocenters. The van der Waals surface area contributed by atoms with Crippen LogP contribution in [0.2, 0.25) is 5.02 Å². The number of nitrogen functional groups attached to an aromatic ring is 1. The lowest BCUT2D eigenvalue weighted by atomic mass is 10.3. The smallest absolute Gasteiger partial charge is 0.0867 e. The summed E-state index contributed by atoms with van der Waals surface area (Å²) in [4.78, 5) is 0.975. The van der Waals surface area contributed by atoms with E-state index in [-0.39, 0.29) is 6.10 Å². The van der Waals surface area contributed by atoms with E-state index in [1.807, 2.05) is 13.0 Å². The number of hydrogen-bond acceptors (Lipinski definition) is 5. The third-order valence-corrected chi connectivity index (χ3v) is 3.85. The molecule has 2 atom stereocenters. The van der Waals surface area contributed by atoms with E-state index in [2.05, 4.69) is 0 Å². The van der Waals surface area contributed by atoms with Gasteiger partial charge in [0, 0.05) is 17.8 Å². The summed E-state index contributed by atoms with van der Waals surface area (Å²) in [5.74, 6) is 0.542. The fourth-order valence-electron chi connectivity index (χ4n) is 1.40. The van der Waals surface area contributed by atoms with Crippen molar-refractivity contribution in [1.29, 1.82) is 0 Å². The molecule has 1 aromatic rings. The van der Waals surface area contributed by atoms with Gasteiger partial charge in [-0.2, -0.15) is 0 Å². The van der Waals surface area contributed by atoms with Crippen molar-refractivity contribution < 1.29 is 14.6 Å². The highest BCUT2D eigenvalue weighted by atomic mass is 35.5. The quantitative estimate of drug-likeness (QED) is 0.570. The summed E-state index contributed by atoms with van der Waals surface area (Å²) in [6, 6.07) is 5.43. The predicted octanol–water partition coefficient (Wildman–Crippen LogP) is 2.43. The zero-order valence-corrected chi connectivity index (χ0v) is 12.7. The number of methoxy groups -OCH3 is 1. The molecule has 0 amide bonds. The third kappa shape index (κ3) is 6.49. The van der Waals surface area contributed by atoms with Crippen LogP contribution < -0.4 is 5.73 Å². The van der Waals surface area contributed by atoms with E-state index >= 15 is 0 Å². The van der Waals surface area contributed by atoms with Gasteiger partial charge in [0.25, 0.3) is 0 Å². The summed E-state index contributed by atoms with van der Waals surface area (Å²) in [6.45, 7) is 2.72. The highest BCUT2D eigenvalue weighted by Crippen LogP contribution is 2.26. The molecule has 6 heteroatoms. The molecule has 0 spiro atoms. The molecule has 0 radical (unpaired) electrons. The fourth-order valence-corrected chi connectivity index (χ4v) is 2.49. The van der Waals surface area contributed by atoms with E-state index in [4.69, 9.17) is 26.8 Å². The van der Waals surface area contributed by atoms with Crippen LogP contribution in [0.4, 0.5) is 5.69 Å². The maximum Gasteiger partial charge on any atom is 0.0867 e. The van der Waals surface area contributed by atoms with Gasteiger partial charge in [0.05, 0.1) is 36.1 Å². The van der Waals surface area contributed by atoms with E-state index < -0.39 is 6.10 Å². The molecule has 108 valence electrons. The van der Waals surface area contributed by atoms with Crippen LogP contribution >= 0.6 is 23.4 Å². The first-order chi connectivity index (χ1) is 9.02. The fraction of sp³-hybridized carbons (Fsp3) is 0.538. The Morgan fingerprint density at radius 1 is 1.42 bits per heavy atom. The van der Waals surface area contributed by atoms with Crippen LogP contribution in [0.1, 0.15) is 6.92 Å². The van der Waals surface area contributed by atoms with Crippen LogP contribution in [0.5, 0.6) is 0 Å². The van der Waals surface area contributed by atoms with Crippen molar-refractivity contribution in [2.24, 2.45) is 0 Å². The number of thioether (sulfide) groups is 1. The van der Waals surface area contributed by atoms with Crippen molar-refractivity contribution in [3.8, 4) is 0 Å². The zero-order valence-electron chi connectivity index (χ0n) is 11.1. The average Bonchev–Trinajstić information content (AvgIpc) is 2.38. The second kappa shape index (κ2) is 8.66. The number of benzene rings is 1. The van der Waals surface area contributed by atoms with Gasteiger partial charge < -0.3 is 20.3 Å². The molecule has 0 heterocycles. The van der Waals surface area contributed by atoms with Gasteiger partial charge in [-0.25, -0.2) is 0 Å². The Bertz CT molecular complexity index is 392. The van der Waals surface area contributed by atoms with Crippen LogP contribution in [0.25, 0.3) is 0 Å². The first-order valence-corrected chi connectivity index (χ1v) is 7.35. The molecule has 0 saturated heterocycles. The van der Waals surface area contributed by atoms with Crippen molar-refractivity contribution in [2.45, 2.75) is 24.0 Å². The number of halogens is 1. The molecule has 0 saturated carbocycles. The minimum atomic E-state index is -0.527. The highest BCUT2D eigenvalue weighted by Gasteiger charge is 2.09.